The van der Waals surface area contributed by atoms with Crippen molar-refractivity contribution in [3.63, 3.8) is 0 Å². The molecule has 118 valence electrons. The third kappa shape index (κ3) is 2.42. The van der Waals surface area contributed by atoms with E-state index in [-0.39, 0.29) is 5.91 Å². The van der Waals surface area contributed by atoms with Crippen LogP contribution in [0.2, 0.25) is 0 Å². The van der Waals surface area contributed by atoms with Gasteiger partial charge in [-0.15, -0.1) is 0 Å². The van der Waals surface area contributed by atoms with Crippen LogP contribution in [0.3, 0.4) is 0 Å². The average Bonchev–Trinajstić information content (AvgIpc) is 2.85. The number of aromatic nitrogens is 1. The van der Waals surface area contributed by atoms with Crippen LogP contribution in [0, 0.1) is 6.92 Å². The molecule has 0 radical (unpaired) electrons. The van der Waals surface area contributed by atoms with Crippen LogP contribution in [0.4, 0.5) is 0 Å². The molecule has 0 saturated carbocycles. The van der Waals surface area contributed by atoms with Gasteiger partial charge < -0.3 is 4.98 Å². The molecule has 0 fully saturated rings. The lowest BCUT2D eigenvalue weighted by Gasteiger charge is -2.07. The molecular weight excluding hydrogens is 298 g/mol. The smallest absolute Gasteiger partial charge is 0.273 e. The van der Waals surface area contributed by atoms with Crippen molar-refractivity contribution in [1.82, 2.24) is 10.4 Å². The molecule has 0 spiro atoms. The number of aryl methyl sites for hydroxylation is 1. The number of carbonyl (C=O) groups excluding carboxylic acids is 1. The van der Waals surface area contributed by atoms with E-state index in [1.165, 1.54) is 0 Å². The van der Waals surface area contributed by atoms with E-state index in [9.17, 15) is 4.79 Å². The van der Waals surface area contributed by atoms with Crippen LogP contribution < -0.4 is 5.43 Å². The third-order valence-electron chi connectivity index (χ3n) is 4.32. The zero-order chi connectivity index (χ0) is 16.5. The van der Waals surface area contributed by atoms with Crippen molar-refractivity contribution in [3.05, 3.63) is 83.0 Å². The number of carbonyl (C=O) groups is 1. The Morgan fingerprint density at radius 2 is 1.54 bits per heavy atom. The first-order valence-electron chi connectivity index (χ1n) is 7.93. The van der Waals surface area contributed by atoms with E-state index in [1.807, 2.05) is 67.6 Å². The van der Waals surface area contributed by atoms with E-state index in [0.29, 0.717) is 12.0 Å². The first kappa shape index (κ1) is 14.5. The van der Waals surface area contributed by atoms with Crippen molar-refractivity contribution in [3.8, 4) is 11.3 Å². The Kier molecular flexibility index (Phi) is 3.50. The van der Waals surface area contributed by atoms with Gasteiger partial charge in [-0.3, -0.25) is 4.79 Å². The van der Waals surface area contributed by atoms with Gasteiger partial charge in [0.1, 0.15) is 0 Å². The Labute approximate surface area is 140 Å². The van der Waals surface area contributed by atoms with Crippen molar-refractivity contribution in [2.75, 3.05) is 0 Å². The summed E-state index contributed by atoms with van der Waals surface area (Å²) in [6, 6.07) is 20.0. The summed E-state index contributed by atoms with van der Waals surface area (Å²) in [4.78, 5) is 15.9. The minimum Gasteiger partial charge on any atom is -0.358 e. The highest BCUT2D eigenvalue weighted by Crippen LogP contribution is 2.30. The summed E-state index contributed by atoms with van der Waals surface area (Å²) in [5.41, 5.74) is 9.18. The zero-order valence-electron chi connectivity index (χ0n) is 13.3. The minimum absolute atomic E-state index is 0.160. The van der Waals surface area contributed by atoms with Gasteiger partial charge in [0.2, 0.25) is 0 Å². The maximum Gasteiger partial charge on any atom is 0.273 e. The second kappa shape index (κ2) is 5.81. The van der Waals surface area contributed by atoms with Gasteiger partial charge >= 0.3 is 0 Å². The maximum absolute atomic E-state index is 12.5. The van der Waals surface area contributed by atoms with E-state index >= 15 is 0 Å². The molecule has 4 heteroatoms. The number of hydrogen-bond acceptors (Lipinski definition) is 2. The molecule has 4 nitrogen and oxygen atoms in total. The molecular formula is C20H17N3O. The van der Waals surface area contributed by atoms with Crippen LogP contribution in [0.25, 0.3) is 11.3 Å². The number of fused-ring (bicyclic) bond motifs is 1. The maximum atomic E-state index is 12.5. The number of nitrogens with one attached hydrogen (secondary N) is 2. The Bertz CT molecular complexity index is 924. The van der Waals surface area contributed by atoms with Crippen LogP contribution in [0.15, 0.2) is 65.8 Å². The lowest BCUT2D eigenvalue weighted by molar-refractivity contribution is 0.0955. The average molecular weight is 315 g/mol. The Morgan fingerprint density at radius 1 is 0.917 bits per heavy atom. The molecule has 1 aromatic heterocycles. The summed E-state index contributed by atoms with van der Waals surface area (Å²) in [6.45, 7) is 1.93. The fourth-order valence-corrected chi connectivity index (χ4v) is 3.19. The topological polar surface area (TPSA) is 57.2 Å². The van der Waals surface area contributed by atoms with Crippen molar-refractivity contribution in [1.29, 1.82) is 0 Å². The van der Waals surface area contributed by atoms with Gasteiger partial charge in [-0.1, -0.05) is 60.7 Å². The zero-order valence-corrected chi connectivity index (χ0v) is 13.3. The van der Waals surface area contributed by atoms with Crippen LogP contribution in [-0.2, 0) is 6.42 Å². The Morgan fingerprint density at radius 3 is 2.21 bits per heavy atom. The minimum atomic E-state index is -0.160. The predicted molar refractivity (Wildman–Crippen MR) is 95.1 cm³/mol. The number of rotatable bonds is 2. The third-order valence-corrected chi connectivity index (χ3v) is 4.32. The summed E-state index contributed by atoms with van der Waals surface area (Å²) in [6.07, 6.45) is 0.604. The molecule has 2 N–H and O–H groups in total. The number of hydrazone groups is 1. The van der Waals surface area contributed by atoms with Crippen LogP contribution in [0.1, 0.15) is 27.2 Å². The van der Waals surface area contributed by atoms with Gasteiger partial charge in [0.15, 0.2) is 0 Å². The van der Waals surface area contributed by atoms with Crippen LogP contribution in [0.5, 0.6) is 0 Å². The summed E-state index contributed by atoms with van der Waals surface area (Å²) >= 11 is 0. The molecule has 1 aliphatic heterocycles. The Balaban J connectivity index is 1.86. The quantitative estimate of drug-likeness (QED) is 0.744. The summed E-state index contributed by atoms with van der Waals surface area (Å²) in [5, 5.41) is 4.34. The van der Waals surface area contributed by atoms with Crippen molar-refractivity contribution >= 4 is 11.6 Å². The molecule has 0 unspecified atom stereocenters. The summed E-state index contributed by atoms with van der Waals surface area (Å²) in [5.74, 6) is -0.160. The monoisotopic (exact) mass is 315 g/mol. The lowest BCUT2D eigenvalue weighted by atomic mass is 9.96. The standard InChI is InChI=1S/C20H17N3O/c1-13-18-16(19(21-13)15-10-6-3-7-11-15)12-17(22-23-20(18)24)14-8-4-2-5-9-14/h2-11,21H,12H2,1H3,(H,23,24). The van der Waals surface area contributed by atoms with E-state index in [4.69, 9.17) is 0 Å². The van der Waals surface area contributed by atoms with Gasteiger partial charge in [-0.2, -0.15) is 5.10 Å². The van der Waals surface area contributed by atoms with E-state index in [1.54, 1.807) is 0 Å². The van der Waals surface area contributed by atoms with Crippen molar-refractivity contribution in [2.24, 2.45) is 5.10 Å². The van der Waals surface area contributed by atoms with Crippen molar-refractivity contribution < 1.29 is 4.79 Å². The molecule has 0 saturated heterocycles. The molecule has 24 heavy (non-hydrogen) atoms. The second-order valence-electron chi connectivity index (χ2n) is 5.89. The highest BCUT2D eigenvalue weighted by Gasteiger charge is 2.25. The SMILES string of the molecule is Cc1[nH]c(-c2ccccc2)c2c1C(=O)NN=C(c1ccccc1)C2. The number of aromatic amines is 1. The van der Waals surface area contributed by atoms with Crippen LogP contribution in [-0.4, -0.2) is 16.6 Å². The second-order valence-corrected chi connectivity index (χ2v) is 5.89. The highest BCUT2D eigenvalue weighted by molar-refractivity contribution is 6.08. The Hall–Kier alpha value is -3.14. The molecule has 4 rings (SSSR count). The summed E-state index contributed by atoms with van der Waals surface area (Å²) in [7, 11) is 0. The number of benzene rings is 2. The molecule has 1 amide bonds. The largest absolute Gasteiger partial charge is 0.358 e. The molecule has 3 aromatic rings. The number of H-pyrrole nitrogens is 1. The summed E-state index contributed by atoms with van der Waals surface area (Å²) < 4.78 is 0. The number of hydrogen-bond donors (Lipinski definition) is 2. The number of amides is 1. The fraction of sp³-hybridized carbons (Fsp3) is 0.100. The molecule has 0 aliphatic carbocycles. The number of nitrogens with zero attached hydrogens (tertiary/aromatic N) is 1. The van der Waals surface area contributed by atoms with E-state index in [0.717, 1.165) is 33.8 Å². The van der Waals surface area contributed by atoms with Crippen LogP contribution >= 0.6 is 0 Å². The van der Waals surface area contributed by atoms with E-state index in [2.05, 4.69) is 15.5 Å². The first-order valence-corrected chi connectivity index (χ1v) is 7.93. The normalized spacial score (nSPS) is 13.7. The fourth-order valence-electron chi connectivity index (χ4n) is 3.19. The van der Waals surface area contributed by atoms with Gasteiger partial charge in [-0.25, -0.2) is 5.43 Å². The molecule has 2 heterocycles. The van der Waals surface area contributed by atoms with Gasteiger partial charge in [0.05, 0.1) is 17.0 Å². The molecule has 1 aliphatic rings. The predicted octanol–water partition coefficient (Wildman–Crippen LogP) is 3.68. The molecule has 0 atom stereocenters. The van der Waals surface area contributed by atoms with Gasteiger partial charge in [0, 0.05) is 12.1 Å². The van der Waals surface area contributed by atoms with Gasteiger partial charge in [-0.05, 0) is 23.6 Å². The lowest BCUT2D eigenvalue weighted by Crippen LogP contribution is -2.18. The van der Waals surface area contributed by atoms with Gasteiger partial charge in [0.25, 0.3) is 5.91 Å². The molecule has 2 aromatic carbocycles. The first-order chi connectivity index (χ1) is 11.7. The highest BCUT2D eigenvalue weighted by atomic mass is 16.2. The van der Waals surface area contributed by atoms with E-state index < -0.39 is 0 Å². The van der Waals surface area contributed by atoms with Crippen molar-refractivity contribution in [2.45, 2.75) is 13.3 Å². The molecule has 0 bridgehead atoms.